The third-order valence-electron chi connectivity index (χ3n) is 4.26. The zero-order valence-corrected chi connectivity index (χ0v) is 16.1. The van der Waals surface area contributed by atoms with Crippen molar-refractivity contribution in [1.29, 1.82) is 0 Å². The Labute approximate surface area is 165 Å². The van der Waals surface area contributed by atoms with Gasteiger partial charge in [-0.1, -0.05) is 49.0 Å². The fourth-order valence-corrected chi connectivity index (χ4v) is 3.62. The number of anilines is 1. The molecule has 1 unspecified atom stereocenters. The number of para-hydroxylation sites is 1. The van der Waals surface area contributed by atoms with Crippen molar-refractivity contribution in [1.82, 2.24) is 15.2 Å². The number of amides is 1. The zero-order chi connectivity index (χ0) is 19.7. The Morgan fingerprint density at radius 1 is 1.21 bits per heavy atom. The van der Waals surface area contributed by atoms with Crippen molar-refractivity contribution in [2.24, 2.45) is 0 Å². The van der Waals surface area contributed by atoms with Crippen LogP contribution in [0.1, 0.15) is 25.6 Å². The van der Waals surface area contributed by atoms with Crippen LogP contribution in [0.3, 0.4) is 0 Å². The van der Waals surface area contributed by atoms with E-state index in [1.807, 2.05) is 25.1 Å². The number of halogens is 1. The summed E-state index contributed by atoms with van der Waals surface area (Å²) in [6, 6.07) is 13.3. The molecule has 3 aromatic rings. The predicted molar refractivity (Wildman–Crippen MR) is 105 cm³/mol. The van der Waals surface area contributed by atoms with Gasteiger partial charge in [-0.15, -0.1) is 10.2 Å². The number of nitrogens with zero attached hydrogens (tertiary/aromatic N) is 4. The second kappa shape index (κ2) is 7.55. The van der Waals surface area contributed by atoms with E-state index in [4.69, 9.17) is 4.74 Å². The maximum absolute atomic E-state index is 13.9. The number of rotatable bonds is 3. The van der Waals surface area contributed by atoms with Gasteiger partial charge < -0.3 is 4.74 Å². The minimum Gasteiger partial charge on any atom is -0.447 e. The van der Waals surface area contributed by atoms with Gasteiger partial charge in [0, 0.05) is 18.1 Å². The number of fused-ring (bicyclic) bond motifs is 3. The smallest absolute Gasteiger partial charge is 0.247 e. The Morgan fingerprint density at radius 2 is 2.04 bits per heavy atom. The van der Waals surface area contributed by atoms with Crippen LogP contribution in [0.25, 0.3) is 11.3 Å². The van der Waals surface area contributed by atoms with Crippen molar-refractivity contribution < 1.29 is 13.9 Å². The highest BCUT2D eigenvalue weighted by atomic mass is 32.2. The summed E-state index contributed by atoms with van der Waals surface area (Å²) in [5, 5.41) is 8.95. The Bertz CT molecular complexity index is 1050. The second-order valence-electron chi connectivity index (χ2n) is 6.11. The van der Waals surface area contributed by atoms with Gasteiger partial charge in [0.25, 0.3) is 0 Å². The number of benzene rings is 2. The van der Waals surface area contributed by atoms with Crippen molar-refractivity contribution in [2.45, 2.75) is 25.2 Å². The first-order valence-corrected chi connectivity index (χ1v) is 9.76. The third kappa shape index (κ3) is 3.31. The van der Waals surface area contributed by atoms with Crippen LogP contribution in [0.15, 0.2) is 53.7 Å². The molecule has 0 radical (unpaired) electrons. The van der Waals surface area contributed by atoms with Crippen molar-refractivity contribution in [3.63, 3.8) is 0 Å². The molecule has 1 atom stereocenters. The zero-order valence-electron chi connectivity index (χ0n) is 15.3. The fraction of sp³-hybridized carbons (Fsp3) is 0.200. The molecule has 4 rings (SSSR count). The minimum atomic E-state index is -0.883. The second-order valence-corrected chi connectivity index (χ2v) is 7.34. The van der Waals surface area contributed by atoms with E-state index in [1.165, 1.54) is 35.7 Å². The van der Waals surface area contributed by atoms with Crippen molar-refractivity contribution >= 4 is 23.4 Å². The van der Waals surface area contributed by atoms with Crippen LogP contribution in [-0.2, 0) is 4.79 Å². The lowest BCUT2D eigenvalue weighted by Gasteiger charge is -2.29. The van der Waals surface area contributed by atoms with E-state index in [0.717, 1.165) is 5.75 Å². The largest absolute Gasteiger partial charge is 0.447 e. The Kier molecular flexibility index (Phi) is 4.95. The number of hydrogen-bond donors (Lipinski definition) is 0. The van der Waals surface area contributed by atoms with Gasteiger partial charge in [-0.25, -0.2) is 4.39 Å². The van der Waals surface area contributed by atoms with E-state index >= 15 is 0 Å². The Morgan fingerprint density at radius 3 is 2.79 bits per heavy atom. The molecule has 0 saturated carbocycles. The summed E-state index contributed by atoms with van der Waals surface area (Å²) >= 11 is 1.44. The number of thioether (sulfide) groups is 1. The quantitative estimate of drug-likeness (QED) is 0.617. The molecule has 0 saturated heterocycles. The fourth-order valence-electron chi connectivity index (χ4n) is 3.12. The van der Waals surface area contributed by atoms with Gasteiger partial charge in [-0.05, 0) is 24.0 Å². The summed E-state index contributed by atoms with van der Waals surface area (Å²) in [6.45, 7) is 3.43. The van der Waals surface area contributed by atoms with E-state index < -0.39 is 12.0 Å². The summed E-state index contributed by atoms with van der Waals surface area (Å²) in [6.07, 6.45) is -0.883. The molecule has 1 aliphatic rings. The van der Waals surface area contributed by atoms with Gasteiger partial charge in [0.05, 0.1) is 5.69 Å². The summed E-state index contributed by atoms with van der Waals surface area (Å²) < 4.78 is 20.1. The van der Waals surface area contributed by atoms with Gasteiger partial charge >= 0.3 is 0 Å². The third-order valence-corrected chi connectivity index (χ3v) is 4.98. The normalized spacial score (nSPS) is 15.2. The maximum atomic E-state index is 13.9. The summed E-state index contributed by atoms with van der Waals surface area (Å²) in [4.78, 5) is 18.6. The molecule has 0 spiro atoms. The molecule has 28 heavy (non-hydrogen) atoms. The van der Waals surface area contributed by atoms with Crippen LogP contribution in [0.2, 0.25) is 0 Å². The topological polar surface area (TPSA) is 68.2 Å². The first-order chi connectivity index (χ1) is 13.6. The number of carbonyl (C=O) groups is 1. The van der Waals surface area contributed by atoms with E-state index in [1.54, 1.807) is 18.2 Å². The van der Waals surface area contributed by atoms with Crippen molar-refractivity contribution in [3.05, 3.63) is 59.9 Å². The maximum Gasteiger partial charge on any atom is 0.247 e. The number of carbonyl (C=O) groups excluding carboxylic acids is 1. The molecule has 6 nitrogen and oxygen atoms in total. The lowest BCUT2D eigenvalue weighted by Crippen LogP contribution is -2.36. The van der Waals surface area contributed by atoms with Gasteiger partial charge in [-0.2, -0.15) is 4.98 Å². The summed E-state index contributed by atoms with van der Waals surface area (Å²) in [5.74, 6) is 0.386. The predicted octanol–water partition coefficient (Wildman–Crippen LogP) is 4.23. The highest BCUT2D eigenvalue weighted by molar-refractivity contribution is 7.99. The molecule has 1 aromatic heterocycles. The van der Waals surface area contributed by atoms with E-state index in [9.17, 15) is 9.18 Å². The average molecular weight is 396 g/mol. The first-order valence-electron chi connectivity index (χ1n) is 8.77. The van der Waals surface area contributed by atoms with Crippen LogP contribution < -0.4 is 9.64 Å². The molecular weight excluding hydrogens is 379 g/mol. The lowest BCUT2D eigenvalue weighted by molar-refractivity contribution is -0.118. The number of hydrogen-bond acceptors (Lipinski definition) is 6. The van der Waals surface area contributed by atoms with Crippen LogP contribution in [-0.4, -0.2) is 26.8 Å². The van der Waals surface area contributed by atoms with Gasteiger partial charge in [0.2, 0.25) is 23.2 Å². The molecule has 0 bridgehead atoms. The molecule has 2 heterocycles. The van der Waals surface area contributed by atoms with Crippen LogP contribution in [0.4, 0.5) is 10.1 Å². The molecule has 8 heteroatoms. The molecule has 0 N–H and O–H groups in total. The monoisotopic (exact) mass is 396 g/mol. The molecular formula is C20H17FN4O2S. The SMILES string of the molecule is CCSc1nnc2c(n1)OC(c1cccc(F)c1)N(C(C)=O)c1ccccc1-2. The standard InChI is InChI=1S/C20H17FN4O2S/c1-3-28-20-22-18-17(23-24-20)15-9-4-5-10-16(15)25(12(2)26)19(27-18)13-7-6-8-14(21)11-13/h4-11,19H,3H2,1-2H3. The van der Waals surface area contributed by atoms with Crippen LogP contribution in [0, 0.1) is 5.82 Å². The van der Waals surface area contributed by atoms with E-state index in [2.05, 4.69) is 15.2 Å². The summed E-state index contributed by atoms with van der Waals surface area (Å²) in [5.41, 5.74) is 2.23. The number of ether oxygens (including phenoxy) is 1. The summed E-state index contributed by atoms with van der Waals surface area (Å²) in [7, 11) is 0. The molecule has 0 aliphatic carbocycles. The molecule has 0 fully saturated rings. The van der Waals surface area contributed by atoms with Crippen molar-refractivity contribution in [3.8, 4) is 17.1 Å². The first kappa shape index (κ1) is 18.4. The van der Waals surface area contributed by atoms with Crippen molar-refractivity contribution in [2.75, 3.05) is 10.7 Å². The highest BCUT2D eigenvalue weighted by Crippen LogP contribution is 2.43. The average Bonchev–Trinajstić information content (AvgIpc) is 2.82. The Balaban J connectivity index is 1.95. The molecule has 2 aromatic carbocycles. The minimum absolute atomic E-state index is 0.245. The lowest BCUT2D eigenvalue weighted by atomic mass is 10.1. The molecule has 142 valence electrons. The van der Waals surface area contributed by atoms with Crippen LogP contribution >= 0.6 is 11.8 Å². The van der Waals surface area contributed by atoms with Gasteiger partial charge in [0.15, 0.2) is 5.69 Å². The van der Waals surface area contributed by atoms with Crippen LogP contribution in [0.5, 0.6) is 5.88 Å². The van der Waals surface area contributed by atoms with Gasteiger partial charge in [-0.3, -0.25) is 9.69 Å². The molecule has 1 amide bonds. The Hall–Kier alpha value is -3.00. The molecule has 1 aliphatic heterocycles. The van der Waals surface area contributed by atoms with E-state index in [0.29, 0.717) is 27.7 Å². The van der Waals surface area contributed by atoms with Gasteiger partial charge in [0.1, 0.15) is 5.82 Å². The van der Waals surface area contributed by atoms with E-state index in [-0.39, 0.29) is 11.8 Å². The highest BCUT2D eigenvalue weighted by Gasteiger charge is 2.34. The number of aromatic nitrogens is 3.